The molecule has 0 bridgehead atoms. The summed E-state index contributed by atoms with van der Waals surface area (Å²) in [5.41, 5.74) is 13.9. The van der Waals surface area contributed by atoms with E-state index in [1.54, 1.807) is 0 Å². The first-order valence-corrected chi connectivity index (χ1v) is 10.0. The third kappa shape index (κ3) is 3.69. The van der Waals surface area contributed by atoms with Crippen LogP contribution in [0.4, 0.5) is 0 Å². The summed E-state index contributed by atoms with van der Waals surface area (Å²) in [5, 5.41) is 4.85. The van der Waals surface area contributed by atoms with Crippen molar-refractivity contribution in [3.05, 3.63) is 106 Å². The Morgan fingerprint density at radius 1 is 0.893 bits per heavy atom. The van der Waals surface area contributed by atoms with Crippen LogP contribution in [0.2, 0.25) is 0 Å². The van der Waals surface area contributed by atoms with Crippen molar-refractivity contribution in [3.8, 4) is 0 Å². The molecule has 4 N–H and O–H groups in total. The molecule has 1 heterocycles. The third-order valence-electron chi connectivity index (χ3n) is 4.96. The lowest BCUT2D eigenvalue weighted by atomic mass is 10.0. The van der Waals surface area contributed by atoms with E-state index in [0.717, 1.165) is 32.5 Å². The SMILES string of the molecule is Cc1[nH]c2ccccc2c1CN/C(=C(\N)c1ccccc1)c1ccc(Br)cc1. The van der Waals surface area contributed by atoms with Crippen LogP contribution in [0, 0.1) is 6.92 Å². The zero-order chi connectivity index (χ0) is 19.5. The number of fused-ring (bicyclic) bond motifs is 1. The van der Waals surface area contributed by atoms with Gasteiger partial charge in [0.15, 0.2) is 0 Å². The Hall–Kier alpha value is -2.98. The predicted octanol–water partition coefficient (Wildman–Crippen LogP) is 5.81. The fourth-order valence-corrected chi connectivity index (χ4v) is 3.74. The summed E-state index contributed by atoms with van der Waals surface area (Å²) in [6.45, 7) is 2.80. The molecule has 0 saturated carbocycles. The van der Waals surface area contributed by atoms with Crippen LogP contribution in [-0.2, 0) is 6.54 Å². The fraction of sp³-hybridized carbons (Fsp3) is 0.0833. The highest BCUT2D eigenvalue weighted by atomic mass is 79.9. The van der Waals surface area contributed by atoms with E-state index in [4.69, 9.17) is 5.73 Å². The number of benzene rings is 3. The number of rotatable bonds is 5. The lowest BCUT2D eigenvalue weighted by Crippen LogP contribution is -2.17. The second-order valence-corrected chi connectivity index (χ2v) is 7.70. The van der Waals surface area contributed by atoms with Gasteiger partial charge in [0.1, 0.15) is 0 Å². The molecule has 0 atom stereocenters. The maximum atomic E-state index is 6.60. The van der Waals surface area contributed by atoms with Crippen LogP contribution in [0.3, 0.4) is 0 Å². The smallest absolute Gasteiger partial charge is 0.0656 e. The number of hydrogen-bond acceptors (Lipinski definition) is 2. The third-order valence-corrected chi connectivity index (χ3v) is 5.48. The number of aromatic amines is 1. The summed E-state index contributed by atoms with van der Waals surface area (Å²) in [5.74, 6) is 0. The molecular weight excluding hydrogens is 410 g/mol. The molecular formula is C24H22BrN3. The monoisotopic (exact) mass is 431 g/mol. The fourth-order valence-electron chi connectivity index (χ4n) is 3.47. The van der Waals surface area contributed by atoms with Gasteiger partial charge in [-0.2, -0.15) is 0 Å². The molecule has 4 rings (SSSR count). The van der Waals surface area contributed by atoms with Gasteiger partial charge in [-0.15, -0.1) is 0 Å². The average molecular weight is 432 g/mol. The number of aryl methyl sites for hydroxylation is 1. The zero-order valence-corrected chi connectivity index (χ0v) is 17.3. The summed E-state index contributed by atoms with van der Waals surface area (Å²) in [7, 11) is 0. The molecule has 28 heavy (non-hydrogen) atoms. The Bertz CT molecular complexity index is 1130. The Balaban J connectivity index is 1.74. The van der Waals surface area contributed by atoms with E-state index in [-0.39, 0.29) is 0 Å². The van der Waals surface area contributed by atoms with E-state index in [1.165, 1.54) is 16.6 Å². The topological polar surface area (TPSA) is 53.8 Å². The largest absolute Gasteiger partial charge is 0.397 e. The summed E-state index contributed by atoms with van der Waals surface area (Å²) >= 11 is 3.51. The molecule has 0 aliphatic carbocycles. The van der Waals surface area contributed by atoms with Crippen molar-refractivity contribution in [2.24, 2.45) is 5.73 Å². The number of nitrogens with one attached hydrogen (secondary N) is 2. The van der Waals surface area contributed by atoms with Gasteiger partial charge in [-0.3, -0.25) is 0 Å². The first kappa shape index (κ1) is 18.4. The lowest BCUT2D eigenvalue weighted by molar-refractivity contribution is 0.886. The molecule has 140 valence electrons. The predicted molar refractivity (Wildman–Crippen MR) is 121 cm³/mol. The second-order valence-electron chi connectivity index (χ2n) is 6.79. The van der Waals surface area contributed by atoms with Crippen LogP contribution < -0.4 is 11.1 Å². The number of nitrogens with two attached hydrogens (primary N) is 1. The van der Waals surface area contributed by atoms with Gasteiger partial charge in [0, 0.05) is 27.6 Å². The van der Waals surface area contributed by atoms with Crippen molar-refractivity contribution in [3.63, 3.8) is 0 Å². The van der Waals surface area contributed by atoms with Crippen molar-refractivity contribution in [2.45, 2.75) is 13.5 Å². The molecule has 0 fully saturated rings. The highest BCUT2D eigenvalue weighted by molar-refractivity contribution is 9.10. The molecule has 4 heteroatoms. The van der Waals surface area contributed by atoms with Gasteiger partial charge < -0.3 is 16.0 Å². The number of H-pyrrole nitrogens is 1. The Labute approximate surface area is 173 Å². The number of halogens is 1. The molecule has 0 amide bonds. The quantitative estimate of drug-likeness (QED) is 0.349. The van der Waals surface area contributed by atoms with Crippen LogP contribution in [0.15, 0.2) is 83.3 Å². The Morgan fingerprint density at radius 3 is 2.32 bits per heavy atom. The van der Waals surface area contributed by atoms with Gasteiger partial charge in [-0.25, -0.2) is 0 Å². The minimum absolute atomic E-state index is 0.689. The van der Waals surface area contributed by atoms with Gasteiger partial charge in [0.25, 0.3) is 0 Å². The molecule has 0 aliphatic rings. The van der Waals surface area contributed by atoms with E-state index in [9.17, 15) is 0 Å². The molecule has 0 unspecified atom stereocenters. The van der Waals surface area contributed by atoms with Crippen molar-refractivity contribution in [1.29, 1.82) is 0 Å². The van der Waals surface area contributed by atoms with Gasteiger partial charge in [0.2, 0.25) is 0 Å². The summed E-state index contributed by atoms with van der Waals surface area (Å²) in [4.78, 5) is 3.47. The normalized spacial score (nSPS) is 12.1. The summed E-state index contributed by atoms with van der Waals surface area (Å²) < 4.78 is 1.04. The minimum atomic E-state index is 0.689. The van der Waals surface area contributed by atoms with Crippen LogP contribution in [-0.4, -0.2) is 4.98 Å². The van der Waals surface area contributed by atoms with E-state index >= 15 is 0 Å². The van der Waals surface area contributed by atoms with Crippen LogP contribution in [0.5, 0.6) is 0 Å². The van der Waals surface area contributed by atoms with Crippen LogP contribution in [0.25, 0.3) is 22.3 Å². The van der Waals surface area contributed by atoms with Crippen molar-refractivity contribution in [1.82, 2.24) is 10.3 Å². The molecule has 0 radical (unpaired) electrons. The second kappa shape index (κ2) is 7.95. The molecule has 0 spiro atoms. The first-order chi connectivity index (χ1) is 13.6. The highest BCUT2D eigenvalue weighted by Crippen LogP contribution is 2.26. The van der Waals surface area contributed by atoms with Crippen molar-refractivity contribution in [2.75, 3.05) is 0 Å². The maximum absolute atomic E-state index is 6.60. The van der Waals surface area contributed by atoms with Crippen LogP contribution in [0.1, 0.15) is 22.4 Å². The summed E-state index contributed by atoms with van der Waals surface area (Å²) in [6, 6.07) is 26.7. The Morgan fingerprint density at radius 2 is 1.57 bits per heavy atom. The molecule has 3 nitrogen and oxygen atoms in total. The number of hydrogen-bond donors (Lipinski definition) is 3. The van der Waals surface area contributed by atoms with Crippen LogP contribution >= 0.6 is 15.9 Å². The van der Waals surface area contributed by atoms with Gasteiger partial charge in [-0.1, -0.05) is 76.6 Å². The van der Waals surface area contributed by atoms with E-state index in [2.05, 4.69) is 69.6 Å². The molecule has 1 aromatic heterocycles. The lowest BCUT2D eigenvalue weighted by Gasteiger charge is -2.16. The average Bonchev–Trinajstić information content (AvgIpc) is 3.05. The molecule has 3 aromatic carbocycles. The first-order valence-electron chi connectivity index (χ1n) is 9.24. The molecule has 0 aliphatic heterocycles. The highest BCUT2D eigenvalue weighted by Gasteiger charge is 2.12. The van der Waals surface area contributed by atoms with Gasteiger partial charge in [-0.05, 0) is 41.8 Å². The minimum Gasteiger partial charge on any atom is -0.397 e. The zero-order valence-electron chi connectivity index (χ0n) is 15.7. The van der Waals surface area contributed by atoms with E-state index in [0.29, 0.717) is 6.54 Å². The number of para-hydroxylation sites is 1. The van der Waals surface area contributed by atoms with Crippen molar-refractivity contribution >= 4 is 38.2 Å². The standard InChI is InChI=1S/C24H22BrN3/c1-16-21(20-9-5-6-10-22(20)28-16)15-27-24(18-11-13-19(25)14-12-18)23(26)17-7-3-2-4-8-17/h2-14,27-28H,15,26H2,1H3/b24-23-. The summed E-state index contributed by atoms with van der Waals surface area (Å²) in [6.07, 6.45) is 0. The molecule has 0 saturated heterocycles. The Kier molecular flexibility index (Phi) is 5.22. The van der Waals surface area contributed by atoms with E-state index < -0.39 is 0 Å². The van der Waals surface area contributed by atoms with Gasteiger partial charge >= 0.3 is 0 Å². The number of aromatic nitrogens is 1. The van der Waals surface area contributed by atoms with Gasteiger partial charge in [0.05, 0.1) is 11.4 Å². The van der Waals surface area contributed by atoms with E-state index in [1.807, 2.05) is 42.5 Å². The van der Waals surface area contributed by atoms with Crippen molar-refractivity contribution < 1.29 is 0 Å². The molecule has 4 aromatic rings. The maximum Gasteiger partial charge on any atom is 0.0656 e.